The van der Waals surface area contributed by atoms with Gasteiger partial charge in [-0.3, -0.25) is 9.59 Å². The minimum atomic E-state index is -0.110. The second-order valence-corrected chi connectivity index (χ2v) is 6.98. The second kappa shape index (κ2) is 8.34. The number of carbonyl (C=O) groups excluding carboxylic acids is 2. The number of nitrogens with one attached hydrogen (secondary N) is 1. The van der Waals surface area contributed by atoms with Gasteiger partial charge < -0.3 is 10.2 Å². The highest BCUT2D eigenvalue weighted by molar-refractivity contribution is 6.32. The van der Waals surface area contributed by atoms with Crippen molar-refractivity contribution in [2.45, 2.75) is 39.7 Å². The smallest absolute Gasteiger partial charge is 0.244 e. The molecule has 5 heteroatoms. The molecule has 0 aromatic heterocycles. The Balaban J connectivity index is 1.89. The predicted octanol–water partition coefficient (Wildman–Crippen LogP) is 3.51. The zero-order valence-electron chi connectivity index (χ0n) is 14.5. The number of halogens is 1. The third kappa shape index (κ3) is 4.84. The molecule has 2 amide bonds. The Kier molecular flexibility index (Phi) is 6.44. The number of hydrogen-bond acceptors (Lipinski definition) is 2. The maximum atomic E-state index is 12.2. The van der Waals surface area contributed by atoms with Crippen LogP contribution < -0.4 is 5.32 Å². The highest BCUT2D eigenvalue weighted by Crippen LogP contribution is 2.23. The molecule has 24 heavy (non-hydrogen) atoms. The number of benzene rings is 1. The van der Waals surface area contributed by atoms with Crippen LogP contribution in [0.2, 0.25) is 5.02 Å². The minimum absolute atomic E-state index is 0.0253. The number of piperidine rings is 1. The van der Waals surface area contributed by atoms with Crippen molar-refractivity contribution >= 4 is 29.0 Å². The Morgan fingerprint density at radius 2 is 1.88 bits per heavy atom. The van der Waals surface area contributed by atoms with Crippen LogP contribution in [0.1, 0.15) is 39.2 Å². The van der Waals surface area contributed by atoms with Crippen LogP contribution in [0, 0.1) is 5.92 Å². The summed E-state index contributed by atoms with van der Waals surface area (Å²) in [7, 11) is 0. The summed E-state index contributed by atoms with van der Waals surface area (Å²) in [4.78, 5) is 26.1. The number of allylic oxidation sites excluding steroid dienone is 1. The Labute approximate surface area is 148 Å². The van der Waals surface area contributed by atoms with E-state index in [1.807, 2.05) is 49.9 Å². The number of likely N-dealkylation sites (tertiary alicyclic amines) is 1. The Hall–Kier alpha value is -1.81. The Morgan fingerprint density at radius 1 is 1.25 bits per heavy atom. The molecule has 1 aliphatic heterocycles. The summed E-state index contributed by atoms with van der Waals surface area (Å²) < 4.78 is 0. The SMILES string of the molecule is C/C(=C/C(=O)NC1CCN(C(=O)C(C)C)CC1)c1ccccc1Cl. The summed E-state index contributed by atoms with van der Waals surface area (Å²) in [5.74, 6) is 0.104. The lowest BCUT2D eigenvalue weighted by Crippen LogP contribution is -2.47. The largest absolute Gasteiger partial charge is 0.350 e. The van der Waals surface area contributed by atoms with Gasteiger partial charge in [0.05, 0.1) is 0 Å². The summed E-state index contributed by atoms with van der Waals surface area (Å²) in [6.07, 6.45) is 3.18. The highest BCUT2D eigenvalue weighted by atomic mass is 35.5. The van der Waals surface area contributed by atoms with Crippen LogP contribution in [0.3, 0.4) is 0 Å². The molecule has 1 aromatic carbocycles. The van der Waals surface area contributed by atoms with Crippen molar-refractivity contribution in [2.24, 2.45) is 5.92 Å². The number of carbonyl (C=O) groups is 2. The zero-order valence-corrected chi connectivity index (χ0v) is 15.3. The lowest BCUT2D eigenvalue weighted by atomic mass is 10.0. The maximum Gasteiger partial charge on any atom is 0.244 e. The first-order chi connectivity index (χ1) is 11.4. The fourth-order valence-corrected chi connectivity index (χ4v) is 3.19. The van der Waals surface area contributed by atoms with Crippen molar-refractivity contribution in [3.8, 4) is 0 Å². The number of hydrogen-bond donors (Lipinski definition) is 1. The molecule has 130 valence electrons. The highest BCUT2D eigenvalue weighted by Gasteiger charge is 2.24. The van der Waals surface area contributed by atoms with Crippen LogP contribution in [-0.2, 0) is 9.59 Å². The van der Waals surface area contributed by atoms with Crippen LogP contribution in [0.15, 0.2) is 30.3 Å². The number of amides is 2. The second-order valence-electron chi connectivity index (χ2n) is 6.57. The van der Waals surface area contributed by atoms with Gasteiger partial charge in [0.15, 0.2) is 0 Å². The first-order valence-electron chi connectivity index (χ1n) is 8.41. The molecule has 1 aromatic rings. The van der Waals surface area contributed by atoms with E-state index in [1.54, 1.807) is 6.08 Å². The first-order valence-corrected chi connectivity index (χ1v) is 8.78. The lowest BCUT2D eigenvalue weighted by molar-refractivity contribution is -0.135. The molecule has 0 radical (unpaired) electrons. The van der Waals surface area contributed by atoms with Gasteiger partial charge in [0.2, 0.25) is 11.8 Å². The molecular formula is C19H25ClN2O2. The van der Waals surface area contributed by atoms with Crippen LogP contribution in [0.25, 0.3) is 5.57 Å². The van der Waals surface area contributed by atoms with Crippen molar-refractivity contribution in [3.63, 3.8) is 0 Å². The summed E-state index contributed by atoms with van der Waals surface area (Å²) in [6.45, 7) is 7.12. The number of nitrogens with zero attached hydrogens (tertiary/aromatic N) is 1. The lowest BCUT2D eigenvalue weighted by Gasteiger charge is -2.33. The van der Waals surface area contributed by atoms with Crippen LogP contribution in [-0.4, -0.2) is 35.8 Å². The van der Waals surface area contributed by atoms with Gasteiger partial charge in [-0.05, 0) is 37.0 Å². The van der Waals surface area contributed by atoms with Crippen LogP contribution in [0.4, 0.5) is 0 Å². The summed E-state index contributed by atoms with van der Waals surface area (Å²) in [5, 5.41) is 3.67. The first kappa shape index (κ1) is 18.5. The van der Waals surface area contributed by atoms with Gasteiger partial charge in [-0.1, -0.05) is 43.6 Å². The van der Waals surface area contributed by atoms with E-state index in [0.717, 1.165) is 24.0 Å². The molecule has 0 spiro atoms. The zero-order chi connectivity index (χ0) is 17.7. The summed E-state index contributed by atoms with van der Waals surface area (Å²) in [5.41, 5.74) is 1.71. The fraction of sp³-hybridized carbons (Fsp3) is 0.474. The van der Waals surface area contributed by atoms with Crippen LogP contribution in [0.5, 0.6) is 0 Å². The standard InChI is InChI=1S/C19H25ClN2O2/c1-13(2)19(24)22-10-8-15(9-11-22)21-18(23)12-14(3)16-6-4-5-7-17(16)20/h4-7,12-13,15H,8-11H2,1-3H3,(H,21,23)/b14-12-. The topological polar surface area (TPSA) is 49.4 Å². The average molecular weight is 349 g/mol. The molecule has 1 heterocycles. The van der Waals surface area contributed by atoms with Gasteiger partial charge in [-0.15, -0.1) is 0 Å². The van der Waals surface area contributed by atoms with Crippen molar-refractivity contribution in [1.82, 2.24) is 10.2 Å². The van der Waals surface area contributed by atoms with Gasteiger partial charge in [-0.2, -0.15) is 0 Å². The Bertz CT molecular complexity index is 632. The van der Waals surface area contributed by atoms with E-state index in [9.17, 15) is 9.59 Å². The van der Waals surface area contributed by atoms with E-state index in [2.05, 4.69) is 5.32 Å². The van der Waals surface area contributed by atoms with Gasteiger partial charge >= 0.3 is 0 Å². The molecule has 0 aliphatic carbocycles. The van der Waals surface area contributed by atoms with Gasteiger partial charge in [0, 0.05) is 36.1 Å². The van der Waals surface area contributed by atoms with E-state index in [0.29, 0.717) is 18.1 Å². The van der Waals surface area contributed by atoms with Crippen molar-refractivity contribution in [3.05, 3.63) is 40.9 Å². The molecule has 1 N–H and O–H groups in total. The third-order valence-electron chi connectivity index (χ3n) is 4.29. The minimum Gasteiger partial charge on any atom is -0.350 e. The normalized spacial score (nSPS) is 16.4. The van der Waals surface area contributed by atoms with Gasteiger partial charge in [-0.25, -0.2) is 0 Å². The predicted molar refractivity (Wildman–Crippen MR) is 97.7 cm³/mol. The summed E-state index contributed by atoms with van der Waals surface area (Å²) >= 11 is 6.16. The van der Waals surface area contributed by atoms with Gasteiger partial charge in [0.1, 0.15) is 0 Å². The maximum absolute atomic E-state index is 12.2. The molecule has 0 unspecified atom stereocenters. The molecule has 1 saturated heterocycles. The molecule has 2 rings (SSSR count). The molecule has 0 bridgehead atoms. The van der Waals surface area contributed by atoms with Crippen LogP contribution >= 0.6 is 11.6 Å². The summed E-state index contributed by atoms with van der Waals surface area (Å²) in [6, 6.07) is 7.60. The van der Waals surface area contributed by atoms with E-state index in [-0.39, 0.29) is 23.8 Å². The molecule has 4 nitrogen and oxygen atoms in total. The third-order valence-corrected chi connectivity index (χ3v) is 4.62. The van der Waals surface area contributed by atoms with Crippen molar-refractivity contribution in [1.29, 1.82) is 0 Å². The van der Waals surface area contributed by atoms with Crippen molar-refractivity contribution < 1.29 is 9.59 Å². The van der Waals surface area contributed by atoms with E-state index >= 15 is 0 Å². The molecule has 1 fully saturated rings. The average Bonchev–Trinajstić information content (AvgIpc) is 2.55. The van der Waals surface area contributed by atoms with Gasteiger partial charge in [0.25, 0.3) is 0 Å². The molecule has 0 atom stereocenters. The fourth-order valence-electron chi connectivity index (χ4n) is 2.91. The van der Waals surface area contributed by atoms with E-state index in [4.69, 9.17) is 11.6 Å². The quantitative estimate of drug-likeness (QED) is 0.846. The van der Waals surface area contributed by atoms with Crippen molar-refractivity contribution in [2.75, 3.05) is 13.1 Å². The molecule has 0 saturated carbocycles. The Morgan fingerprint density at radius 3 is 2.46 bits per heavy atom. The molecule has 1 aliphatic rings. The molecular weight excluding hydrogens is 324 g/mol. The number of rotatable bonds is 4. The van der Waals surface area contributed by atoms with E-state index < -0.39 is 0 Å². The monoisotopic (exact) mass is 348 g/mol. The van der Waals surface area contributed by atoms with E-state index in [1.165, 1.54) is 0 Å².